The summed E-state index contributed by atoms with van der Waals surface area (Å²) in [5, 5.41) is 3.63. The largest absolute Gasteiger partial charge is 0.353 e. The summed E-state index contributed by atoms with van der Waals surface area (Å²) in [4.78, 5) is 14.0. The van der Waals surface area contributed by atoms with Crippen molar-refractivity contribution >= 4 is 41.7 Å². The number of carbonyl (C=O) groups is 1. The first-order valence-corrected chi connectivity index (χ1v) is 8.67. The monoisotopic (exact) mass is 365 g/mol. The number of hydrogen-bond donors (Lipinski definition) is 2. The summed E-state index contributed by atoms with van der Waals surface area (Å²) in [6, 6.07) is 7.26. The zero-order valence-corrected chi connectivity index (χ0v) is 15.6. The van der Waals surface area contributed by atoms with Crippen molar-refractivity contribution in [3.63, 3.8) is 0 Å². The molecule has 0 aliphatic carbocycles. The number of hydrogen-bond acceptors (Lipinski definition) is 4. The summed E-state index contributed by atoms with van der Waals surface area (Å²) in [7, 11) is 3.93. The third-order valence-corrected chi connectivity index (χ3v) is 4.32. The summed E-state index contributed by atoms with van der Waals surface area (Å²) in [5.41, 5.74) is 6.87. The molecular formula is C15H25Cl2N3OS. The van der Waals surface area contributed by atoms with Gasteiger partial charge >= 0.3 is 0 Å². The summed E-state index contributed by atoms with van der Waals surface area (Å²) < 4.78 is 0. The van der Waals surface area contributed by atoms with E-state index in [-0.39, 0.29) is 24.4 Å². The predicted octanol–water partition coefficient (Wildman–Crippen LogP) is 2.56. The normalized spacial score (nSPS) is 13.4. The van der Waals surface area contributed by atoms with Gasteiger partial charge in [0, 0.05) is 11.6 Å². The van der Waals surface area contributed by atoms with Gasteiger partial charge in [-0.1, -0.05) is 29.8 Å². The maximum atomic E-state index is 12.0. The van der Waals surface area contributed by atoms with Gasteiger partial charge in [-0.15, -0.1) is 12.4 Å². The Morgan fingerprint density at radius 3 is 2.59 bits per heavy atom. The van der Waals surface area contributed by atoms with Crippen LogP contribution in [0.3, 0.4) is 0 Å². The van der Waals surface area contributed by atoms with Crippen LogP contribution in [-0.2, 0) is 4.79 Å². The maximum Gasteiger partial charge on any atom is 0.237 e. The Morgan fingerprint density at radius 1 is 1.41 bits per heavy atom. The van der Waals surface area contributed by atoms with Crippen LogP contribution in [-0.4, -0.2) is 49.5 Å². The highest BCUT2D eigenvalue weighted by atomic mass is 35.5. The van der Waals surface area contributed by atoms with Crippen molar-refractivity contribution in [2.45, 2.75) is 18.5 Å². The number of amides is 1. The molecule has 4 nitrogen and oxygen atoms in total. The van der Waals surface area contributed by atoms with Gasteiger partial charge in [0.2, 0.25) is 5.91 Å². The van der Waals surface area contributed by atoms with Crippen molar-refractivity contribution in [1.29, 1.82) is 0 Å². The van der Waals surface area contributed by atoms with E-state index in [0.717, 1.165) is 11.3 Å². The standard InChI is InChI=1S/C15H24ClN3OS.ClH/c1-19(2)14(11-6-4-5-7-12(11)16)10-18-15(20)13(17)8-9-21-3;/h4-7,13-14H,8-10,17H2,1-3H3,(H,18,20);1H. The van der Waals surface area contributed by atoms with Crippen molar-refractivity contribution in [2.24, 2.45) is 5.73 Å². The lowest BCUT2D eigenvalue weighted by Gasteiger charge is -2.26. The molecule has 2 unspecified atom stereocenters. The Labute approximate surface area is 148 Å². The third-order valence-electron chi connectivity index (χ3n) is 3.33. The number of nitrogens with one attached hydrogen (secondary N) is 1. The topological polar surface area (TPSA) is 58.4 Å². The summed E-state index contributed by atoms with van der Waals surface area (Å²) in [5.74, 6) is 0.777. The zero-order valence-electron chi connectivity index (χ0n) is 13.2. The SMILES string of the molecule is CSCCC(N)C(=O)NCC(c1ccccc1Cl)N(C)C.Cl. The van der Waals surface area contributed by atoms with Gasteiger partial charge in [-0.2, -0.15) is 11.8 Å². The minimum absolute atomic E-state index is 0. The van der Waals surface area contributed by atoms with E-state index in [4.69, 9.17) is 17.3 Å². The number of nitrogens with two attached hydrogens (primary N) is 1. The summed E-state index contributed by atoms with van der Waals surface area (Å²) in [6.45, 7) is 0.489. The zero-order chi connectivity index (χ0) is 15.8. The molecule has 1 amide bonds. The average molecular weight is 366 g/mol. The van der Waals surface area contributed by atoms with E-state index >= 15 is 0 Å². The van der Waals surface area contributed by atoms with Gasteiger partial charge in [0.25, 0.3) is 0 Å². The number of nitrogens with zero attached hydrogens (tertiary/aromatic N) is 1. The summed E-state index contributed by atoms with van der Waals surface area (Å²) >= 11 is 7.93. The fraction of sp³-hybridized carbons (Fsp3) is 0.533. The van der Waals surface area contributed by atoms with Crippen LogP contribution in [0.1, 0.15) is 18.0 Å². The van der Waals surface area contributed by atoms with Crippen molar-refractivity contribution < 1.29 is 4.79 Å². The van der Waals surface area contributed by atoms with Crippen LogP contribution in [0.5, 0.6) is 0 Å². The van der Waals surface area contributed by atoms with E-state index in [9.17, 15) is 4.79 Å². The van der Waals surface area contributed by atoms with E-state index < -0.39 is 6.04 Å². The van der Waals surface area contributed by atoms with Crippen LogP contribution in [0.25, 0.3) is 0 Å². The molecule has 0 aromatic heterocycles. The molecular weight excluding hydrogens is 341 g/mol. The number of halogens is 2. The minimum Gasteiger partial charge on any atom is -0.353 e. The van der Waals surface area contributed by atoms with Gasteiger partial charge in [-0.05, 0) is 44.2 Å². The Bertz CT molecular complexity index is 460. The molecule has 126 valence electrons. The van der Waals surface area contributed by atoms with Gasteiger partial charge in [-0.3, -0.25) is 4.79 Å². The number of rotatable bonds is 8. The molecule has 1 rings (SSSR count). The molecule has 22 heavy (non-hydrogen) atoms. The Hall–Kier alpha value is -0.460. The smallest absolute Gasteiger partial charge is 0.237 e. The lowest BCUT2D eigenvalue weighted by Crippen LogP contribution is -2.44. The second kappa shape index (κ2) is 11.1. The van der Waals surface area contributed by atoms with Crippen molar-refractivity contribution in [1.82, 2.24) is 10.2 Å². The molecule has 0 aliphatic heterocycles. The van der Waals surface area contributed by atoms with Gasteiger partial charge < -0.3 is 16.0 Å². The second-order valence-corrected chi connectivity index (χ2v) is 6.53. The van der Waals surface area contributed by atoms with Crippen LogP contribution in [0.2, 0.25) is 5.02 Å². The lowest BCUT2D eigenvalue weighted by atomic mass is 10.1. The Kier molecular flexibility index (Phi) is 10.9. The molecule has 0 fully saturated rings. The predicted molar refractivity (Wildman–Crippen MR) is 99.1 cm³/mol. The fourth-order valence-electron chi connectivity index (χ4n) is 2.02. The Morgan fingerprint density at radius 2 is 2.05 bits per heavy atom. The Balaban J connectivity index is 0.00000441. The highest BCUT2D eigenvalue weighted by molar-refractivity contribution is 7.98. The van der Waals surface area contributed by atoms with Gasteiger partial charge in [0.15, 0.2) is 0 Å². The maximum absolute atomic E-state index is 12.0. The highest BCUT2D eigenvalue weighted by Crippen LogP contribution is 2.25. The molecule has 0 bridgehead atoms. The first-order valence-electron chi connectivity index (χ1n) is 6.90. The van der Waals surface area contributed by atoms with Crippen LogP contribution in [0.4, 0.5) is 0 Å². The van der Waals surface area contributed by atoms with Crippen molar-refractivity contribution in [3.05, 3.63) is 34.9 Å². The quantitative estimate of drug-likeness (QED) is 0.743. The van der Waals surface area contributed by atoms with Crippen LogP contribution in [0.15, 0.2) is 24.3 Å². The third kappa shape index (κ3) is 6.75. The van der Waals surface area contributed by atoms with Gasteiger partial charge in [-0.25, -0.2) is 0 Å². The van der Waals surface area contributed by atoms with Crippen molar-refractivity contribution in [3.8, 4) is 0 Å². The first-order chi connectivity index (χ1) is 9.97. The first kappa shape index (κ1) is 21.5. The number of thioether (sulfide) groups is 1. The summed E-state index contributed by atoms with van der Waals surface area (Å²) in [6.07, 6.45) is 2.69. The number of benzene rings is 1. The number of likely N-dealkylation sites (N-methyl/N-ethyl adjacent to an activating group) is 1. The molecule has 2 atom stereocenters. The van der Waals surface area contributed by atoms with Gasteiger partial charge in [0.1, 0.15) is 0 Å². The van der Waals surface area contributed by atoms with E-state index in [1.807, 2.05) is 49.5 Å². The average Bonchev–Trinajstić information content (AvgIpc) is 2.46. The minimum atomic E-state index is -0.452. The van der Waals surface area contributed by atoms with Crippen LogP contribution in [0, 0.1) is 0 Å². The fourth-order valence-corrected chi connectivity index (χ4v) is 2.77. The molecule has 7 heteroatoms. The van der Waals surface area contributed by atoms with E-state index in [2.05, 4.69) is 5.32 Å². The van der Waals surface area contributed by atoms with Crippen LogP contribution >= 0.6 is 35.8 Å². The molecule has 0 spiro atoms. The van der Waals surface area contributed by atoms with E-state index in [1.54, 1.807) is 11.8 Å². The van der Waals surface area contributed by atoms with E-state index in [0.29, 0.717) is 18.0 Å². The molecule has 0 aliphatic rings. The molecule has 0 saturated heterocycles. The molecule has 1 aromatic rings. The lowest BCUT2D eigenvalue weighted by molar-refractivity contribution is -0.122. The second-order valence-electron chi connectivity index (χ2n) is 5.13. The highest BCUT2D eigenvalue weighted by Gasteiger charge is 2.19. The molecule has 0 saturated carbocycles. The molecule has 3 N–H and O–H groups in total. The van der Waals surface area contributed by atoms with Crippen molar-refractivity contribution in [2.75, 3.05) is 32.6 Å². The van der Waals surface area contributed by atoms with Gasteiger partial charge in [0.05, 0.1) is 12.1 Å². The molecule has 1 aromatic carbocycles. The molecule has 0 heterocycles. The molecule has 0 radical (unpaired) electrons. The van der Waals surface area contributed by atoms with Crippen LogP contribution < -0.4 is 11.1 Å². The van der Waals surface area contributed by atoms with E-state index in [1.165, 1.54) is 0 Å². The number of carbonyl (C=O) groups excluding carboxylic acids is 1.